The molecule has 0 amide bonds. The number of hydrogen-bond acceptors (Lipinski definition) is 5. The topological polar surface area (TPSA) is 106 Å². The molecule has 0 aliphatic heterocycles. The Hall–Kier alpha value is -1.42. The Morgan fingerprint density at radius 2 is 2.06 bits per heavy atom. The summed E-state index contributed by atoms with van der Waals surface area (Å²) in [5.74, 6) is 0.264. The monoisotopic (exact) mass is 334 g/mol. The van der Waals surface area contributed by atoms with E-state index in [1.807, 2.05) is 6.92 Å². The van der Waals surface area contributed by atoms with Crippen molar-refractivity contribution < 1.29 is 8.42 Å². The highest BCUT2D eigenvalue weighted by atomic mass is 79.9. The van der Waals surface area contributed by atoms with Crippen molar-refractivity contribution in [1.29, 1.82) is 0 Å². The van der Waals surface area contributed by atoms with Crippen molar-refractivity contribution in [1.82, 2.24) is 25.2 Å². The minimum Gasteiger partial charge on any atom is -0.280 e. The van der Waals surface area contributed by atoms with Crippen LogP contribution in [-0.2, 0) is 17.1 Å². The molecule has 10 heteroatoms. The van der Waals surface area contributed by atoms with Gasteiger partial charge >= 0.3 is 0 Å². The molecule has 2 aromatic rings. The number of rotatable bonds is 3. The molecule has 2 aromatic heterocycles. The van der Waals surface area contributed by atoms with Gasteiger partial charge in [0.15, 0.2) is 10.4 Å². The molecule has 0 fully saturated rings. The van der Waals surface area contributed by atoms with E-state index in [0.717, 1.165) is 11.3 Å². The van der Waals surface area contributed by atoms with Crippen LogP contribution in [-0.4, -0.2) is 33.6 Å². The van der Waals surface area contributed by atoms with Gasteiger partial charge in [-0.2, -0.15) is 13.5 Å². The van der Waals surface area contributed by atoms with E-state index in [9.17, 15) is 8.42 Å². The SMILES string of the molecule is Cc1[nH]nc(NS(=O)(=O)c2c(Br)nnn2C)c1C. The zero-order valence-electron chi connectivity index (χ0n) is 9.89. The number of hydrogen-bond donors (Lipinski definition) is 2. The largest absolute Gasteiger partial charge is 0.283 e. The van der Waals surface area contributed by atoms with Gasteiger partial charge in [0, 0.05) is 18.3 Å². The predicted octanol–water partition coefficient (Wildman–Crippen LogP) is 0.718. The Balaban J connectivity index is 2.43. The molecule has 0 spiro atoms. The summed E-state index contributed by atoms with van der Waals surface area (Å²) in [5, 5.41) is 13.8. The molecule has 2 N–H and O–H groups in total. The van der Waals surface area contributed by atoms with Crippen molar-refractivity contribution in [3.05, 3.63) is 15.9 Å². The minimum absolute atomic E-state index is 0.0532. The van der Waals surface area contributed by atoms with Crippen LogP contribution in [0.5, 0.6) is 0 Å². The molecule has 0 atom stereocenters. The van der Waals surface area contributed by atoms with E-state index in [2.05, 4.69) is 41.2 Å². The second-order valence-corrected chi connectivity index (χ2v) is 6.09. The number of nitrogens with one attached hydrogen (secondary N) is 2. The summed E-state index contributed by atoms with van der Waals surface area (Å²) in [4.78, 5) is 0. The van der Waals surface area contributed by atoms with Crippen LogP contribution >= 0.6 is 15.9 Å². The van der Waals surface area contributed by atoms with Crippen LogP contribution in [0.4, 0.5) is 5.82 Å². The van der Waals surface area contributed by atoms with Gasteiger partial charge in [-0.15, -0.1) is 5.10 Å². The molecule has 2 heterocycles. The zero-order valence-corrected chi connectivity index (χ0v) is 12.3. The molecule has 0 unspecified atom stereocenters. The molecule has 0 saturated heterocycles. The molecule has 2 rings (SSSR count). The van der Waals surface area contributed by atoms with Crippen LogP contribution in [0.2, 0.25) is 0 Å². The van der Waals surface area contributed by atoms with Crippen LogP contribution in [0.3, 0.4) is 0 Å². The first-order valence-electron chi connectivity index (χ1n) is 4.92. The summed E-state index contributed by atoms with van der Waals surface area (Å²) >= 11 is 3.05. The summed E-state index contributed by atoms with van der Waals surface area (Å²) in [7, 11) is -2.29. The standard InChI is InChI=1S/C8H11BrN6O2S/c1-4-5(2)10-12-7(4)13-18(16,17)8-6(9)11-14-15(8)3/h1-3H3,(H2,10,12,13). The molecule has 0 aromatic carbocycles. The lowest BCUT2D eigenvalue weighted by Crippen LogP contribution is -2.18. The molecule has 8 nitrogen and oxygen atoms in total. The van der Waals surface area contributed by atoms with Crippen molar-refractivity contribution in [2.75, 3.05) is 4.72 Å². The lowest BCUT2D eigenvalue weighted by molar-refractivity contribution is 0.578. The van der Waals surface area contributed by atoms with Crippen molar-refractivity contribution in [3.8, 4) is 0 Å². The van der Waals surface area contributed by atoms with Gasteiger partial charge in [-0.1, -0.05) is 5.21 Å². The number of aryl methyl sites for hydroxylation is 2. The average Bonchev–Trinajstić information content (AvgIpc) is 2.76. The average molecular weight is 335 g/mol. The molecule has 0 bridgehead atoms. The van der Waals surface area contributed by atoms with Gasteiger partial charge in [0.2, 0.25) is 5.03 Å². The maximum Gasteiger partial charge on any atom is 0.283 e. The molecule has 98 valence electrons. The maximum atomic E-state index is 12.2. The minimum atomic E-state index is -3.78. The maximum absolute atomic E-state index is 12.2. The lowest BCUT2D eigenvalue weighted by atomic mass is 10.3. The summed E-state index contributed by atoms with van der Waals surface area (Å²) < 4.78 is 28.1. The van der Waals surface area contributed by atoms with Gasteiger partial charge in [-0.25, -0.2) is 4.68 Å². The third kappa shape index (κ3) is 2.12. The number of H-pyrrole nitrogens is 1. The quantitative estimate of drug-likeness (QED) is 0.860. The van der Waals surface area contributed by atoms with Crippen molar-refractivity contribution >= 4 is 31.8 Å². The van der Waals surface area contributed by atoms with Crippen LogP contribution in [0.25, 0.3) is 0 Å². The van der Waals surface area contributed by atoms with Gasteiger partial charge in [0.1, 0.15) is 0 Å². The van der Waals surface area contributed by atoms with Gasteiger partial charge in [0.05, 0.1) is 0 Å². The van der Waals surface area contributed by atoms with E-state index in [4.69, 9.17) is 0 Å². The van der Waals surface area contributed by atoms with Gasteiger partial charge in [0.25, 0.3) is 10.0 Å². The molecule has 0 aliphatic carbocycles. The molecule has 0 radical (unpaired) electrons. The van der Waals surface area contributed by atoms with E-state index in [1.54, 1.807) is 6.92 Å². The van der Waals surface area contributed by atoms with Crippen LogP contribution in [0, 0.1) is 13.8 Å². The summed E-state index contributed by atoms with van der Waals surface area (Å²) in [6.45, 7) is 3.58. The second kappa shape index (κ2) is 4.35. The smallest absolute Gasteiger partial charge is 0.280 e. The van der Waals surface area contributed by atoms with Crippen molar-refractivity contribution in [2.45, 2.75) is 18.9 Å². The summed E-state index contributed by atoms with van der Waals surface area (Å²) in [6.07, 6.45) is 0. The van der Waals surface area contributed by atoms with E-state index < -0.39 is 10.0 Å². The first kappa shape index (κ1) is 13.0. The number of aromatic amines is 1. The Kier molecular flexibility index (Phi) is 3.15. The first-order valence-corrected chi connectivity index (χ1v) is 7.20. The fourth-order valence-corrected chi connectivity index (χ4v) is 3.53. The van der Waals surface area contributed by atoms with Gasteiger partial charge in [-0.3, -0.25) is 9.82 Å². The highest BCUT2D eigenvalue weighted by Crippen LogP contribution is 2.22. The lowest BCUT2D eigenvalue weighted by Gasteiger charge is -2.06. The van der Waals surface area contributed by atoms with E-state index in [-0.39, 0.29) is 15.4 Å². The molecular formula is C8H11BrN6O2S. The van der Waals surface area contributed by atoms with Gasteiger partial charge < -0.3 is 0 Å². The van der Waals surface area contributed by atoms with Crippen LogP contribution < -0.4 is 4.72 Å². The third-order valence-corrected chi connectivity index (χ3v) is 4.70. The van der Waals surface area contributed by atoms with Crippen molar-refractivity contribution in [3.63, 3.8) is 0 Å². The number of halogens is 1. The fraction of sp³-hybridized carbons (Fsp3) is 0.375. The molecular weight excluding hydrogens is 324 g/mol. The Morgan fingerprint density at radius 1 is 1.39 bits per heavy atom. The van der Waals surface area contributed by atoms with Crippen LogP contribution in [0.1, 0.15) is 11.3 Å². The predicted molar refractivity (Wildman–Crippen MR) is 67.6 cm³/mol. The molecule has 0 aliphatic rings. The summed E-state index contributed by atoms with van der Waals surface area (Å²) in [5.41, 5.74) is 1.54. The highest BCUT2D eigenvalue weighted by molar-refractivity contribution is 9.10. The van der Waals surface area contributed by atoms with E-state index in [1.165, 1.54) is 11.7 Å². The summed E-state index contributed by atoms with van der Waals surface area (Å²) in [6, 6.07) is 0. The number of aromatic nitrogens is 5. The Morgan fingerprint density at radius 3 is 2.50 bits per heavy atom. The number of nitrogens with zero attached hydrogens (tertiary/aromatic N) is 4. The van der Waals surface area contributed by atoms with Crippen molar-refractivity contribution in [2.24, 2.45) is 7.05 Å². The van der Waals surface area contributed by atoms with E-state index >= 15 is 0 Å². The normalized spacial score (nSPS) is 11.8. The van der Waals surface area contributed by atoms with E-state index in [0.29, 0.717) is 0 Å². The number of anilines is 1. The third-order valence-electron chi connectivity index (χ3n) is 2.48. The second-order valence-electron chi connectivity index (χ2n) is 3.74. The number of sulfonamides is 1. The van der Waals surface area contributed by atoms with Crippen LogP contribution in [0.15, 0.2) is 9.63 Å². The highest BCUT2D eigenvalue weighted by Gasteiger charge is 2.25. The van der Waals surface area contributed by atoms with Gasteiger partial charge in [-0.05, 0) is 29.8 Å². The first-order chi connectivity index (χ1) is 8.33. The Bertz CT molecular complexity index is 669. The molecule has 0 saturated carbocycles. The molecule has 18 heavy (non-hydrogen) atoms. The fourth-order valence-electron chi connectivity index (χ4n) is 1.37. The zero-order chi connectivity index (χ0) is 13.5. The Labute approximate surface area is 112 Å².